The highest BCUT2D eigenvalue weighted by Gasteiger charge is 2.23. The maximum absolute atomic E-state index is 11.6. The first-order valence-corrected chi connectivity index (χ1v) is 6.15. The van der Waals surface area contributed by atoms with Gasteiger partial charge in [-0.15, -0.1) is 0 Å². The fourth-order valence-corrected chi connectivity index (χ4v) is 1.34. The lowest BCUT2D eigenvalue weighted by atomic mass is 9.81. The quantitative estimate of drug-likeness (QED) is 0.816. The zero-order valence-electron chi connectivity index (χ0n) is 11.8. The highest BCUT2D eigenvalue weighted by Crippen LogP contribution is 2.26. The Morgan fingerprint density at radius 3 is 2.72 bits per heavy atom. The second-order valence-electron chi connectivity index (χ2n) is 5.39. The summed E-state index contributed by atoms with van der Waals surface area (Å²) in [5.74, 6) is 0.751. The van der Waals surface area contributed by atoms with E-state index in [9.17, 15) is 4.79 Å². The van der Waals surface area contributed by atoms with Crippen LogP contribution < -0.4 is 5.32 Å². The third kappa shape index (κ3) is 3.45. The molecule has 0 fully saturated rings. The summed E-state index contributed by atoms with van der Waals surface area (Å²) in [5.41, 5.74) is 0.602. The lowest BCUT2D eigenvalue weighted by molar-refractivity contribution is 0.0601. The molecule has 1 aromatic rings. The number of hydrogen-bond acceptors (Lipinski definition) is 4. The molecule has 1 rings (SSSR count). The van der Waals surface area contributed by atoms with Crippen molar-refractivity contribution >= 4 is 11.8 Å². The molecule has 1 N–H and O–H groups in total. The van der Waals surface area contributed by atoms with E-state index in [-0.39, 0.29) is 11.4 Å². The molecule has 0 aliphatic heterocycles. The van der Waals surface area contributed by atoms with Crippen LogP contribution >= 0.6 is 0 Å². The van der Waals surface area contributed by atoms with Crippen molar-refractivity contribution in [3.63, 3.8) is 0 Å². The summed E-state index contributed by atoms with van der Waals surface area (Å²) in [4.78, 5) is 15.8. The number of carbonyl (C=O) groups is 1. The predicted octanol–water partition coefficient (Wildman–Crippen LogP) is 2.96. The van der Waals surface area contributed by atoms with Crippen LogP contribution in [0.2, 0.25) is 0 Å². The largest absolute Gasteiger partial charge is 0.465 e. The molecule has 18 heavy (non-hydrogen) atoms. The van der Waals surface area contributed by atoms with Gasteiger partial charge in [-0.05, 0) is 23.5 Å². The van der Waals surface area contributed by atoms with Crippen LogP contribution in [-0.2, 0) is 4.74 Å². The SMILES string of the molecule is COC(=O)c1cccnc1NCC(C)(C)C(C)C. The molecular weight excluding hydrogens is 228 g/mol. The number of pyridine rings is 1. The van der Waals surface area contributed by atoms with Crippen molar-refractivity contribution in [2.45, 2.75) is 27.7 Å². The van der Waals surface area contributed by atoms with E-state index in [0.717, 1.165) is 6.54 Å². The summed E-state index contributed by atoms with van der Waals surface area (Å²) < 4.78 is 4.74. The van der Waals surface area contributed by atoms with Gasteiger partial charge in [-0.3, -0.25) is 0 Å². The number of anilines is 1. The zero-order chi connectivity index (χ0) is 13.8. The Bertz CT molecular complexity index is 414. The summed E-state index contributed by atoms with van der Waals surface area (Å²) in [5, 5.41) is 3.24. The van der Waals surface area contributed by atoms with Crippen molar-refractivity contribution in [2.75, 3.05) is 19.0 Å². The molecule has 0 aliphatic rings. The van der Waals surface area contributed by atoms with E-state index >= 15 is 0 Å². The van der Waals surface area contributed by atoms with Crippen LogP contribution in [0.5, 0.6) is 0 Å². The minimum Gasteiger partial charge on any atom is -0.465 e. The molecule has 4 heteroatoms. The standard InChI is InChI=1S/C14H22N2O2/c1-10(2)14(3,4)9-16-12-11(13(17)18-5)7-6-8-15-12/h6-8,10H,9H2,1-5H3,(H,15,16). The lowest BCUT2D eigenvalue weighted by Crippen LogP contribution is -2.29. The number of hydrogen-bond donors (Lipinski definition) is 1. The van der Waals surface area contributed by atoms with E-state index < -0.39 is 0 Å². The van der Waals surface area contributed by atoms with Gasteiger partial charge in [-0.1, -0.05) is 27.7 Å². The molecule has 0 saturated heterocycles. The lowest BCUT2D eigenvalue weighted by Gasteiger charge is -2.29. The van der Waals surface area contributed by atoms with Crippen LogP contribution in [-0.4, -0.2) is 24.6 Å². The number of esters is 1. The zero-order valence-corrected chi connectivity index (χ0v) is 11.8. The van der Waals surface area contributed by atoms with Gasteiger partial charge in [-0.25, -0.2) is 9.78 Å². The van der Waals surface area contributed by atoms with Crippen LogP contribution in [0.1, 0.15) is 38.1 Å². The van der Waals surface area contributed by atoms with Gasteiger partial charge in [0.15, 0.2) is 0 Å². The molecule has 1 heterocycles. The number of ether oxygens (including phenoxy) is 1. The highest BCUT2D eigenvalue weighted by atomic mass is 16.5. The van der Waals surface area contributed by atoms with Crippen LogP contribution in [0.3, 0.4) is 0 Å². The molecule has 0 bridgehead atoms. The monoisotopic (exact) mass is 250 g/mol. The molecule has 0 atom stereocenters. The number of aromatic nitrogens is 1. The van der Waals surface area contributed by atoms with Crippen molar-refractivity contribution < 1.29 is 9.53 Å². The van der Waals surface area contributed by atoms with Crippen molar-refractivity contribution in [3.8, 4) is 0 Å². The average Bonchev–Trinajstić information content (AvgIpc) is 2.35. The van der Waals surface area contributed by atoms with Crippen molar-refractivity contribution in [1.29, 1.82) is 0 Å². The Hall–Kier alpha value is -1.58. The Morgan fingerprint density at radius 1 is 1.50 bits per heavy atom. The first-order valence-electron chi connectivity index (χ1n) is 6.15. The van der Waals surface area contributed by atoms with Gasteiger partial charge >= 0.3 is 5.97 Å². The first kappa shape index (κ1) is 14.5. The molecule has 0 saturated carbocycles. The summed E-state index contributed by atoms with van der Waals surface area (Å²) in [6.45, 7) is 9.49. The van der Waals surface area contributed by atoms with Crippen molar-refractivity contribution in [3.05, 3.63) is 23.9 Å². The maximum Gasteiger partial charge on any atom is 0.341 e. The van der Waals surface area contributed by atoms with Crippen molar-refractivity contribution in [2.24, 2.45) is 11.3 Å². The summed E-state index contributed by atoms with van der Waals surface area (Å²) in [6, 6.07) is 3.44. The molecule has 0 aliphatic carbocycles. The first-order chi connectivity index (χ1) is 8.38. The third-order valence-electron chi connectivity index (χ3n) is 3.49. The van der Waals surface area contributed by atoms with Gasteiger partial charge in [0.05, 0.1) is 7.11 Å². The number of methoxy groups -OCH3 is 1. The smallest absolute Gasteiger partial charge is 0.341 e. The molecule has 4 nitrogen and oxygen atoms in total. The van der Waals surface area contributed by atoms with E-state index in [1.54, 1.807) is 18.3 Å². The van der Waals surface area contributed by atoms with Gasteiger partial charge in [0.25, 0.3) is 0 Å². The summed E-state index contributed by atoms with van der Waals surface area (Å²) in [6.07, 6.45) is 1.66. The van der Waals surface area contributed by atoms with E-state index in [1.165, 1.54) is 7.11 Å². The van der Waals surface area contributed by atoms with Crippen molar-refractivity contribution in [1.82, 2.24) is 4.98 Å². The van der Waals surface area contributed by atoms with Crippen LogP contribution in [0.4, 0.5) is 5.82 Å². The van der Waals surface area contributed by atoms with Gasteiger partial charge in [0.1, 0.15) is 11.4 Å². The van der Waals surface area contributed by atoms with Gasteiger partial charge in [-0.2, -0.15) is 0 Å². The molecule has 0 radical (unpaired) electrons. The molecule has 100 valence electrons. The average molecular weight is 250 g/mol. The Morgan fingerprint density at radius 2 is 2.17 bits per heavy atom. The Labute approximate surface area is 109 Å². The fourth-order valence-electron chi connectivity index (χ4n) is 1.34. The minimum absolute atomic E-state index is 0.130. The fraction of sp³-hybridized carbons (Fsp3) is 0.571. The highest BCUT2D eigenvalue weighted by molar-refractivity contribution is 5.94. The topological polar surface area (TPSA) is 51.2 Å². The number of nitrogens with zero attached hydrogens (tertiary/aromatic N) is 1. The summed E-state index contributed by atoms with van der Waals surface area (Å²) >= 11 is 0. The minimum atomic E-state index is -0.368. The van der Waals surface area contributed by atoms with E-state index in [4.69, 9.17) is 4.74 Å². The molecule has 0 amide bonds. The van der Waals surface area contributed by atoms with Crippen LogP contribution in [0.25, 0.3) is 0 Å². The second-order valence-corrected chi connectivity index (χ2v) is 5.39. The van der Waals surface area contributed by atoms with Gasteiger partial charge < -0.3 is 10.1 Å². The maximum atomic E-state index is 11.6. The van der Waals surface area contributed by atoms with Gasteiger partial charge in [0, 0.05) is 12.7 Å². The van der Waals surface area contributed by atoms with Crippen LogP contribution in [0.15, 0.2) is 18.3 Å². The molecule has 1 aromatic heterocycles. The normalized spacial score (nSPS) is 11.4. The Kier molecular flexibility index (Phi) is 4.70. The molecule has 0 aromatic carbocycles. The summed E-state index contributed by atoms with van der Waals surface area (Å²) in [7, 11) is 1.37. The molecule has 0 spiro atoms. The molecular formula is C14H22N2O2. The van der Waals surface area contributed by atoms with Crippen LogP contribution in [0, 0.1) is 11.3 Å². The second kappa shape index (κ2) is 5.85. The Balaban J connectivity index is 2.82. The third-order valence-corrected chi connectivity index (χ3v) is 3.49. The number of rotatable bonds is 5. The number of nitrogens with one attached hydrogen (secondary N) is 1. The molecule has 0 unspecified atom stereocenters. The van der Waals surface area contributed by atoms with E-state index in [2.05, 4.69) is 38.0 Å². The predicted molar refractivity (Wildman–Crippen MR) is 72.7 cm³/mol. The number of carbonyl (C=O) groups excluding carboxylic acids is 1. The van der Waals surface area contributed by atoms with E-state index in [0.29, 0.717) is 17.3 Å². The van der Waals surface area contributed by atoms with E-state index in [1.807, 2.05) is 0 Å². The van der Waals surface area contributed by atoms with Gasteiger partial charge in [0.2, 0.25) is 0 Å².